The van der Waals surface area contributed by atoms with Crippen LogP contribution in [0, 0.1) is 40.4 Å². The number of allylic oxidation sites excluding steroid dienone is 1. The molecule has 1 aromatic rings. The van der Waals surface area contributed by atoms with Crippen LogP contribution >= 0.6 is 0 Å². The lowest BCUT2D eigenvalue weighted by atomic mass is 9.46. The van der Waals surface area contributed by atoms with Crippen LogP contribution in [0.1, 0.15) is 130 Å². The Morgan fingerprint density at radius 1 is 0.870 bits per heavy atom. The van der Waals surface area contributed by atoms with Crippen molar-refractivity contribution in [2.24, 2.45) is 40.4 Å². The Balaban J connectivity index is 1.17. The smallest absolute Gasteiger partial charge is 0.338 e. The molecule has 6 aliphatic rings. The molecule has 0 radical (unpaired) electrons. The lowest BCUT2D eigenvalue weighted by molar-refractivity contribution is -0.345. The summed E-state index contributed by atoms with van der Waals surface area (Å²) >= 11 is 0. The van der Waals surface area contributed by atoms with Crippen LogP contribution in [0.4, 0.5) is 0 Å². The van der Waals surface area contributed by atoms with Gasteiger partial charge in [-0.1, -0.05) is 67.0 Å². The number of ether oxygens (including phenoxy) is 7. The van der Waals surface area contributed by atoms with E-state index in [1.54, 1.807) is 12.1 Å². The number of carbonyl (C=O) groups excluding carboxylic acids is 3. The second-order valence-electron chi connectivity index (χ2n) is 23.6. The number of benzene rings is 1. The summed E-state index contributed by atoms with van der Waals surface area (Å²) in [6, 6.07) is 6.08. The standard InChI is InChI=1S/C53H82O15Si/c1-29(2)13-20-39(55)30(3)53(60)42(26-38-36-19-16-33-25-35(68-69(11,12)50(5,6)7)21-23-51(33,8)37(36)22-24-52(38,53)9)65-49-46(64-31(4)54)44(41(57)28-63-49)67-48-45(43(58)40(56)27-62-48)66-47(59)32-14-17-34(61-10)18-15-32/h14-18,29-30,35-38,40-46,48-49,56-58,60H,13,19-28H2,1-12H3/t30-,35+,36-,37?,38+,40-,41+,42+,43+,44+,45-,46-,48+,49+,51+,52+,53-/m1/s1. The molecule has 7 rings (SSSR count). The minimum Gasteiger partial charge on any atom is -0.497 e. The molecular formula is C53H82O15Si. The van der Waals surface area contributed by atoms with Crippen LogP contribution in [0.2, 0.25) is 18.1 Å². The predicted molar refractivity (Wildman–Crippen MR) is 257 cm³/mol. The van der Waals surface area contributed by atoms with Gasteiger partial charge >= 0.3 is 11.9 Å². The molecule has 0 spiro atoms. The van der Waals surface area contributed by atoms with Crippen LogP contribution in [0.3, 0.4) is 0 Å². The molecule has 1 aromatic carbocycles. The summed E-state index contributed by atoms with van der Waals surface area (Å²) in [5.41, 5.74) is -0.844. The molecule has 17 atom stereocenters. The van der Waals surface area contributed by atoms with Crippen LogP contribution in [0.15, 0.2) is 35.9 Å². The van der Waals surface area contributed by atoms with Crippen molar-refractivity contribution in [2.75, 3.05) is 20.3 Å². The number of hydrogen-bond donors (Lipinski definition) is 4. The van der Waals surface area contributed by atoms with Gasteiger partial charge in [0.25, 0.3) is 0 Å². The normalized spacial score (nSPS) is 39.6. The fraction of sp³-hybridized carbons (Fsp3) is 0.792. The Morgan fingerprint density at radius 3 is 2.14 bits per heavy atom. The zero-order valence-electron chi connectivity index (χ0n) is 43.1. The number of aliphatic hydroxyl groups excluding tert-OH is 3. The summed E-state index contributed by atoms with van der Waals surface area (Å²) in [7, 11) is -0.488. The number of aliphatic hydroxyl groups is 4. The van der Waals surface area contributed by atoms with Crippen molar-refractivity contribution in [3.8, 4) is 5.75 Å². The van der Waals surface area contributed by atoms with E-state index in [1.165, 1.54) is 31.7 Å². The maximum Gasteiger partial charge on any atom is 0.338 e. The van der Waals surface area contributed by atoms with Gasteiger partial charge in [0.15, 0.2) is 33.1 Å². The number of carbonyl (C=O) groups is 3. The molecule has 388 valence electrons. The van der Waals surface area contributed by atoms with Crippen molar-refractivity contribution in [3.63, 3.8) is 0 Å². The van der Waals surface area contributed by atoms with E-state index in [0.29, 0.717) is 37.4 Å². The Bertz CT molecular complexity index is 2020. The monoisotopic (exact) mass is 987 g/mol. The molecule has 5 fully saturated rings. The molecule has 0 aromatic heterocycles. The molecule has 2 aliphatic heterocycles. The first-order valence-corrected chi connectivity index (χ1v) is 28.4. The van der Waals surface area contributed by atoms with Crippen molar-refractivity contribution in [1.82, 2.24) is 0 Å². The van der Waals surface area contributed by atoms with Crippen molar-refractivity contribution >= 4 is 26.0 Å². The maximum atomic E-state index is 14.3. The van der Waals surface area contributed by atoms with E-state index in [1.807, 2.05) is 6.92 Å². The number of methoxy groups -OCH3 is 1. The molecule has 16 heteroatoms. The van der Waals surface area contributed by atoms with E-state index >= 15 is 0 Å². The van der Waals surface area contributed by atoms with Crippen molar-refractivity contribution in [3.05, 3.63) is 41.5 Å². The molecule has 4 aliphatic carbocycles. The number of fused-ring (bicyclic) bond motifs is 5. The topological polar surface area (TPSA) is 206 Å². The fourth-order valence-electron chi connectivity index (χ4n) is 12.8. The first-order valence-electron chi connectivity index (χ1n) is 25.5. The summed E-state index contributed by atoms with van der Waals surface area (Å²) < 4.78 is 49.1. The van der Waals surface area contributed by atoms with Gasteiger partial charge < -0.3 is 58.0 Å². The lowest BCUT2D eigenvalue weighted by Gasteiger charge is -2.60. The molecular weight excluding hydrogens is 905 g/mol. The molecule has 15 nitrogen and oxygen atoms in total. The largest absolute Gasteiger partial charge is 0.497 e. The minimum absolute atomic E-state index is 0.0352. The highest BCUT2D eigenvalue weighted by Gasteiger charge is 2.71. The lowest BCUT2D eigenvalue weighted by Crippen LogP contribution is -2.64. The van der Waals surface area contributed by atoms with Gasteiger partial charge in [0, 0.05) is 30.8 Å². The second kappa shape index (κ2) is 20.6. The van der Waals surface area contributed by atoms with Gasteiger partial charge in [-0.3, -0.25) is 9.59 Å². The number of Topliss-reactive ketones (excluding diaryl/α,β-unsaturated/α-hetero) is 1. The summed E-state index contributed by atoms with van der Waals surface area (Å²) in [5.74, 6) is -1.17. The number of esters is 2. The highest BCUT2D eigenvalue weighted by atomic mass is 28.4. The summed E-state index contributed by atoms with van der Waals surface area (Å²) in [6.45, 7) is 22.5. The highest BCUT2D eigenvalue weighted by Crippen LogP contribution is 2.69. The highest BCUT2D eigenvalue weighted by molar-refractivity contribution is 6.74. The van der Waals surface area contributed by atoms with Gasteiger partial charge in [-0.2, -0.15) is 0 Å². The third-order valence-corrected chi connectivity index (χ3v) is 22.5. The van der Waals surface area contributed by atoms with Crippen molar-refractivity contribution in [2.45, 2.75) is 205 Å². The molecule has 0 bridgehead atoms. The number of rotatable bonds is 15. The summed E-state index contributed by atoms with van der Waals surface area (Å²) in [6.07, 6.45) is -3.58. The first kappa shape index (κ1) is 54.0. The first-order chi connectivity index (χ1) is 32.2. The average Bonchev–Trinajstić information content (AvgIpc) is 3.52. The Labute approximate surface area is 410 Å². The Kier molecular flexibility index (Phi) is 16.1. The van der Waals surface area contributed by atoms with E-state index in [0.717, 1.165) is 32.1 Å². The van der Waals surface area contributed by atoms with E-state index in [-0.39, 0.29) is 52.3 Å². The zero-order chi connectivity index (χ0) is 50.6. The molecule has 69 heavy (non-hydrogen) atoms. The van der Waals surface area contributed by atoms with Gasteiger partial charge in [-0.05, 0) is 123 Å². The van der Waals surface area contributed by atoms with Crippen molar-refractivity contribution in [1.29, 1.82) is 0 Å². The quantitative estimate of drug-likeness (QED) is 0.0789. The van der Waals surface area contributed by atoms with E-state index in [2.05, 4.69) is 67.6 Å². The fourth-order valence-corrected chi connectivity index (χ4v) is 14.2. The summed E-state index contributed by atoms with van der Waals surface area (Å²) in [5, 5.41) is 47.0. The Morgan fingerprint density at radius 2 is 1.52 bits per heavy atom. The third kappa shape index (κ3) is 10.4. The number of ketones is 1. The van der Waals surface area contributed by atoms with Crippen LogP contribution in [0.5, 0.6) is 5.75 Å². The van der Waals surface area contributed by atoms with Crippen LogP contribution in [-0.2, 0) is 42.4 Å². The van der Waals surface area contributed by atoms with Crippen LogP contribution < -0.4 is 4.74 Å². The van der Waals surface area contributed by atoms with Crippen LogP contribution in [-0.4, -0.2) is 134 Å². The number of hydrogen-bond acceptors (Lipinski definition) is 15. The zero-order valence-corrected chi connectivity index (χ0v) is 44.1. The van der Waals surface area contributed by atoms with Gasteiger partial charge in [0.2, 0.25) is 0 Å². The van der Waals surface area contributed by atoms with Gasteiger partial charge in [0.05, 0.1) is 32.0 Å². The summed E-state index contributed by atoms with van der Waals surface area (Å²) in [4.78, 5) is 40.6. The van der Waals surface area contributed by atoms with Crippen LogP contribution in [0.25, 0.3) is 0 Å². The second-order valence-corrected chi connectivity index (χ2v) is 28.3. The average molecular weight is 987 g/mol. The third-order valence-electron chi connectivity index (χ3n) is 18.0. The van der Waals surface area contributed by atoms with Gasteiger partial charge in [-0.25, -0.2) is 4.79 Å². The molecule has 2 heterocycles. The van der Waals surface area contributed by atoms with Gasteiger partial charge in [0.1, 0.15) is 41.5 Å². The molecule has 3 saturated carbocycles. The van der Waals surface area contributed by atoms with Crippen molar-refractivity contribution < 1.29 is 72.4 Å². The molecule has 0 amide bonds. The molecule has 1 unspecified atom stereocenters. The van der Waals surface area contributed by atoms with Gasteiger partial charge in [-0.15, -0.1) is 0 Å². The van der Waals surface area contributed by atoms with E-state index < -0.39 is 99.1 Å². The minimum atomic E-state index is -1.98. The maximum absolute atomic E-state index is 14.3. The van der Waals surface area contributed by atoms with E-state index in [4.69, 9.17) is 37.6 Å². The molecule has 4 N–H and O–H groups in total. The predicted octanol–water partition coefficient (Wildman–Crippen LogP) is 7.05. The SMILES string of the molecule is COc1ccc(C(=O)O[C@H]2[C@H](O[C@@H]3[C@@H](OC(C)=O)[C@H](O[C@H]4C[C@H]5[C@@H]6CC=C7C[C@@H](O[Si](C)(C)C(C)(C)C)CC[C@]7(C)C6CC[C@]5(C)[C@@]4(O)[C@H](C)C(=O)CCC(C)C)OC[C@@H]3O)OC[C@@H](O)[C@@H]2O)cc1. The Hall–Kier alpha value is -2.77. The van der Waals surface area contributed by atoms with E-state index in [9.17, 15) is 34.8 Å². The molecule has 2 saturated heterocycles.